The second-order valence-corrected chi connectivity index (χ2v) is 6.67. The van der Waals surface area contributed by atoms with Gasteiger partial charge in [0, 0.05) is 11.3 Å². The average Bonchev–Trinajstić information content (AvgIpc) is 2.43. The maximum atomic E-state index is 11.8. The highest BCUT2D eigenvalue weighted by molar-refractivity contribution is 8.02. The predicted molar refractivity (Wildman–Crippen MR) is 67.9 cm³/mol. The van der Waals surface area contributed by atoms with Gasteiger partial charge in [0.05, 0.1) is 5.25 Å². The molecule has 6 heteroatoms. The number of carboxylic acid groups (broad SMARTS) is 1. The van der Waals surface area contributed by atoms with Crippen molar-refractivity contribution >= 4 is 23.6 Å². The Morgan fingerprint density at radius 3 is 2.82 bits per heavy atom. The van der Waals surface area contributed by atoms with E-state index in [1.807, 2.05) is 0 Å². The summed E-state index contributed by atoms with van der Waals surface area (Å²) in [5.41, 5.74) is 5.64. The first-order valence-electron chi connectivity index (χ1n) is 5.78. The second kappa shape index (κ2) is 5.73. The highest BCUT2D eigenvalue weighted by atomic mass is 32.2. The minimum atomic E-state index is -1.03. The minimum absolute atomic E-state index is 0.00170. The number of carboxylic acids is 1. The molecule has 0 spiro atoms. The molecule has 0 bridgehead atoms. The Morgan fingerprint density at radius 2 is 2.24 bits per heavy atom. The minimum Gasteiger partial charge on any atom is -0.480 e. The van der Waals surface area contributed by atoms with Gasteiger partial charge in [0.15, 0.2) is 0 Å². The maximum absolute atomic E-state index is 11.8. The summed E-state index contributed by atoms with van der Waals surface area (Å²) in [7, 11) is 0. The zero-order valence-electron chi connectivity index (χ0n) is 10.2. The van der Waals surface area contributed by atoms with Crippen molar-refractivity contribution in [1.29, 1.82) is 0 Å². The highest BCUT2D eigenvalue weighted by Crippen LogP contribution is 2.34. The molecule has 98 valence electrons. The number of thioether (sulfide) groups is 1. The van der Waals surface area contributed by atoms with Crippen LogP contribution in [0.1, 0.15) is 33.1 Å². The number of hydrogen-bond donors (Lipinski definition) is 3. The summed E-state index contributed by atoms with van der Waals surface area (Å²) in [4.78, 5) is 22.7. The molecule has 1 rings (SSSR count). The molecule has 4 N–H and O–H groups in total. The van der Waals surface area contributed by atoms with E-state index < -0.39 is 16.8 Å². The summed E-state index contributed by atoms with van der Waals surface area (Å²) in [6.45, 7) is 4.25. The summed E-state index contributed by atoms with van der Waals surface area (Å²) in [5, 5.41) is 11.6. The largest absolute Gasteiger partial charge is 0.480 e. The lowest BCUT2D eigenvalue weighted by molar-refractivity contribution is -0.139. The SMILES string of the molecule is CC(C)(SC1CCCCNC1=O)[C@H](N)C(=O)O. The van der Waals surface area contributed by atoms with Crippen LogP contribution in [0.2, 0.25) is 0 Å². The molecular weight excluding hydrogens is 240 g/mol. The first-order chi connectivity index (χ1) is 7.84. The zero-order chi connectivity index (χ0) is 13.1. The van der Waals surface area contributed by atoms with Crippen LogP contribution in [-0.2, 0) is 9.59 Å². The molecule has 0 aromatic carbocycles. The molecule has 17 heavy (non-hydrogen) atoms. The lowest BCUT2D eigenvalue weighted by Gasteiger charge is -2.31. The van der Waals surface area contributed by atoms with Gasteiger partial charge in [-0.2, -0.15) is 0 Å². The summed E-state index contributed by atoms with van der Waals surface area (Å²) < 4.78 is -0.655. The topological polar surface area (TPSA) is 92.4 Å². The lowest BCUT2D eigenvalue weighted by atomic mass is 10.1. The van der Waals surface area contributed by atoms with Crippen LogP contribution in [0, 0.1) is 0 Å². The molecule has 0 saturated carbocycles. The number of rotatable bonds is 4. The molecule has 5 nitrogen and oxygen atoms in total. The number of hydrogen-bond acceptors (Lipinski definition) is 4. The summed E-state index contributed by atoms with van der Waals surface area (Å²) in [6, 6.07) is -0.969. The predicted octanol–water partition coefficient (Wildman–Crippen LogP) is 0.579. The molecule has 1 aliphatic heterocycles. The van der Waals surface area contributed by atoms with Gasteiger partial charge in [-0.25, -0.2) is 0 Å². The molecule has 1 amide bonds. The Balaban J connectivity index is 2.67. The monoisotopic (exact) mass is 260 g/mol. The highest BCUT2D eigenvalue weighted by Gasteiger charge is 2.37. The van der Waals surface area contributed by atoms with E-state index in [1.54, 1.807) is 13.8 Å². The van der Waals surface area contributed by atoms with Crippen molar-refractivity contribution in [2.24, 2.45) is 5.73 Å². The molecule has 0 aliphatic carbocycles. The summed E-state index contributed by atoms with van der Waals surface area (Å²) in [6.07, 6.45) is 2.75. The average molecular weight is 260 g/mol. The normalized spacial score (nSPS) is 23.7. The zero-order valence-corrected chi connectivity index (χ0v) is 11.0. The van der Waals surface area contributed by atoms with E-state index in [2.05, 4.69) is 5.32 Å². The molecule has 1 saturated heterocycles. The fourth-order valence-electron chi connectivity index (χ4n) is 1.76. The number of nitrogens with one attached hydrogen (secondary N) is 1. The van der Waals surface area contributed by atoms with E-state index in [9.17, 15) is 9.59 Å². The van der Waals surface area contributed by atoms with Crippen molar-refractivity contribution in [3.8, 4) is 0 Å². The number of carbonyl (C=O) groups is 2. The number of aliphatic carboxylic acids is 1. The number of nitrogens with two attached hydrogens (primary N) is 1. The molecule has 1 heterocycles. The molecule has 0 radical (unpaired) electrons. The van der Waals surface area contributed by atoms with Crippen molar-refractivity contribution < 1.29 is 14.7 Å². The van der Waals surface area contributed by atoms with Gasteiger partial charge in [-0.1, -0.05) is 6.42 Å². The van der Waals surface area contributed by atoms with Gasteiger partial charge in [0.25, 0.3) is 0 Å². The van der Waals surface area contributed by atoms with Gasteiger partial charge in [0.2, 0.25) is 5.91 Å². The van der Waals surface area contributed by atoms with E-state index in [0.717, 1.165) is 19.3 Å². The Morgan fingerprint density at radius 1 is 1.59 bits per heavy atom. The van der Waals surface area contributed by atoms with Crippen LogP contribution in [-0.4, -0.2) is 39.6 Å². The Bertz CT molecular complexity index is 307. The molecule has 1 fully saturated rings. The smallest absolute Gasteiger partial charge is 0.321 e. The summed E-state index contributed by atoms with van der Waals surface area (Å²) in [5.74, 6) is -1.03. The van der Waals surface area contributed by atoms with Crippen molar-refractivity contribution in [2.45, 2.75) is 49.1 Å². The van der Waals surface area contributed by atoms with Crippen LogP contribution in [0.3, 0.4) is 0 Å². The number of carbonyl (C=O) groups excluding carboxylic acids is 1. The molecule has 0 aromatic rings. The number of amides is 1. The lowest BCUT2D eigenvalue weighted by Crippen LogP contribution is -2.48. The molecule has 0 aromatic heterocycles. The standard InChI is InChI=1S/C11H20N2O3S/c1-11(2,8(12)10(15)16)17-7-5-3-4-6-13-9(7)14/h7-8H,3-6,12H2,1-2H3,(H,13,14)(H,15,16)/t7?,8-/m1/s1. The van der Waals surface area contributed by atoms with E-state index in [4.69, 9.17) is 10.8 Å². The van der Waals surface area contributed by atoms with Crippen molar-refractivity contribution in [3.63, 3.8) is 0 Å². The van der Waals surface area contributed by atoms with Gasteiger partial charge < -0.3 is 16.2 Å². The van der Waals surface area contributed by atoms with Gasteiger partial charge >= 0.3 is 5.97 Å². The Kier molecular flexibility index (Phi) is 4.82. The Hall–Kier alpha value is -0.750. The fourth-order valence-corrected chi connectivity index (χ4v) is 3.22. The van der Waals surface area contributed by atoms with E-state index >= 15 is 0 Å². The maximum Gasteiger partial charge on any atom is 0.321 e. The first-order valence-corrected chi connectivity index (χ1v) is 6.66. The van der Waals surface area contributed by atoms with Crippen LogP contribution in [0.5, 0.6) is 0 Å². The summed E-state index contributed by atoms with van der Waals surface area (Å²) >= 11 is 1.36. The van der Waals surface area contributed by atoms with Crippen molar-refractivity contribution in [3.05, 3.63) is 0 Å². The Labute approximate surface area is 106 Å². The van der Waals surface area contributed by atoms with E-state index in [1.165, 1.54) is 11.8 Å². The van der Waals surface area contributed by atoms with Crippen LogP contribution in [0.4, 0.5) is 0 Å². The van der Waals surface area contributed by atoms with Crippen molar-refractivity contribution in [1.82, 2.24) is 5.32 Å². The van der Waals surface area contributed by atoms with E-state index in [0.29, 0.717) is 6.54 Å². The van der Waals surface area contributed by atoms with Gasteiger partial charge in [0.1, 0.15) is 6.04 Å². The molecule has 2 atom stereocenters. The van der Waals surface area contributed by atoms with Crippen LogP contribution < -0.4 is 11.1 Å². The van der Waals surface area contributed by atoms with Gasteiger partial charge in [-0.3, -0.25) is 9.59 Å². The van der Waals surface area contributed by atoms with Crippen LogP contribution >= 0.6 is 11.8 Å². The van der Waals surface area contributed by atoms with Gasteiger partial charge in [-0.05, 0) is 26.7 Å². The third-order valence-corrected chi connectivity index (χ3v) is 4.54. The molecular formula is C11H20N2O3S. The first kappa shape index (κ1) is 14.3. The van der Waals surface area contributed by atoms with Gasteiger partial charge in [-0.15, -0.1) is 11.8 Å². The van der Waals surface area contributed by atoms with Crippen LogP contribution in [0.15, 0.2) is 0 Å². The third-order valence-electron chi connectivity index (χ3n) is 2.95. The molecule has 1 aliphatic rings. The third kappa shape index (κ3) is 3.89. The van der Waals surface area contributed by atoms with E-state index in [-0.39, 0.29) is 11.2 Å². The molecule has 1 unspecified atom stereocenters. The second-order valence-electron chi connectivity index (χ2n) is 4.81. The quantitative estimate of drug-likeness (QED) is 0.687. The fraction of sp³-hybridized carbons (Fsp3) is 0.818. The van der Waals surface area contributed by atoms with Crippen LogP contribution in [0.25, 0.3) is 0 Å². The van der Waals surface area contributed by atoms with Crippen molar-refractivity contribution in [2.75, 3.05) is 6.54 Å².